The van der Waals surface area contributed by atoms with Gasteiger partial charge in [-0.25, -0.2) is 4.98 Å². The summed E-state index contributed by atoms with van der Waals surface area (Å²) in [6, 6.07) is 0. The molecule has 0 spiro atoms. The number of nitrogens with two attached hydrogens (primary N) is 1. The molecule has 0 fully saturated rings. The molecule has 6 nitrogen and oxygen atoms in total. The minimum atomic E-state index is -0.349. The van der Waals surface area contributed by atoms with Gasteiger partial charge in [-0.05, 0) is 6.42 Å². The van der Waals surface area contributed by atoms with E-state index in [1.54, 1.807) is 0 Å². The van der Waals surface area contributed by atoms with Gasteiger partial charge in [-0.15, -0.1) is 0 Å². The number of aromatic nitrogens is 1. The summed E-state index contributed by atoms with van der Waals surface area (Å²) < 4.78 is 0. The molecule has 1 amide bonds. The molecule has 0 unspecified atom stereocenters. The van der Waals surface area contributed by atoms with Crippen LogP contribution < -0.4 is 16.4 Å². The molecule has 0 radical (unpaired) electrons. The van der Waals surface area contributed by atoms with Crippen LogP contribution in [-0.4, -0.2) is 35.7 Å². The third-order valence-electron chi connectivity index (χ3n) is 2.54. The highest BCUT2D eigenvalue weighted by atomic mass is 32.1. The van der Waals surface area contributed by atoms with Gasteiger partial charge >= 0.3 is 0 Å². The van der Waals surface area contributed by atoms with Gasteiger partial charge in [0.05, 0.1) is 0 Å². The van der Waals surface area contributed by atoms with Crippen molar-refractivity contribution in [3.8, 4) is 0 Å². The van der Waals surface area contributed by atoms with Crippen LogP contribution in [-0.2, 0) is 0 Å². The third-order valence-corrected chi connectivity index (χ3v) is 3.57. The van der Waals surface area contributed by atoms with Crippen molar-refractivity contribution in [3.05, 3.63) is 4.88 Å². The van der Waals surface area contributed by atoms with Gasteiger partial charge in [-0.3, -0.25) is 4.79 Å². The van der Waals surface area contributed by atoms with Crippen LogP contribution in [0.25, 0.3) is 0 Å². The van der Waals surface area contributed by atoms with Gasteiger partial charge in [0.15, 0.2) is 5.13 Å². The zero-order valence-electron chi connectivity index (χ0n) is 11.6. The molecular weight excluding hydrogens is 264 g/mol. The third kappa shape index (κ3) is 4.68. The fraction of sp³-hybridized carbons (Fsp3) is 0.667. The highest BCUT2D eigenvalue weighted by Crippen LogP contribution is 2.25. The molecule has 19 heavy (non-hydrogen) atoms. The Morgan fingerprint density at radius 1 is 1.53 bits per heavy atom. The first kappa shape index (κ1) is 15.7. The molecule has 0 atom stereocenters. The Kier molecular flexibility index (Phi) is 5.56. The Morgan fingerprint density at radius 2 is 2.21 bits per heavy atom. The van der Waals surface area contributed by atoms with E-state index in [0.29, 0.717) is 16.6 Å². The van der Waals surface area contributed by atoms with E-state index in [-0.39, 0.29) is 23.7 Å². The molecule has 0 aliphatic carbocycles. The molecule has 1 aromatic heterocycles. The second kappa shape index (κ2) is 6.72. The van der Waals surface area contributed by atoms with Gasteiger partial charge in [0.25, 0.3) is 5.91 Å². The van der Waals surface area contributed by atoms with Crippen molar-refractivity contribution in [3.63, 3.8) is 0 Å². The van der Waals surface area contributed by atoms with E-state index >= 15 is 0 Å². The number of nitrogens with one attached hydrogen (secondary N) is 2. The van der Waals surface area contributed by atoms with Crippen LogP contribution in [0.15, 0.2) is 0 Å². The molecule has 5 N–H and O–H groups in total. The van der Waals surface area contributed by atoms with Crippen LogP contribution in [0, 0.1) is 5.41 Å². The number of hydrogen-bond acceptors (Lipinski definition) is 6. The Labute approximate surface area is 117 Å². The van der Waals surface area contributed by atoms with E-state index in [2.05, 4.69) is 22.5 Å². The summed E-state index contributed by atoms with van der Waals surface area (Å²) in [5, 5.41) is 15.7. The maximum Gasteiger partial charge on any atom is 0.265 e. The summed E-state index contributed by atoms with van der Waals surface area (Å²) in [7, 11) is 0. The van der Waals surface area contributed by atoms with Gasteiger partial charge in [0.1, 0.15) is 10.7 Å². The lowest BCUT2D eigenvalue weighted by atomic mass is 9.95. The van der Waals surface area contributed by atoms with Crippen LogP contribution >= 0.6 is 11.3 Å². The summed E-state index contributed by atoms with van der Waals surface area (Å²) in [5.74, 6) is -0.0102. The maximum absolute atomic E-state index is 12.0. The van der Waals surface area contributed by atoms with Crippen molar-refractivity contribution in [1.29, 1.82) is 0 Å². The molecule has 108 valence electrons. The average Bonchev–Trinajstić information content (AvgIpc) is 2.75. The average molecular weight is 286 g/mol. The topological polar surface area (TPSA) is 100 Å². The highest BCUT2D eigenvalue weighted by Gasteiger charge is 2.21. The molecule has 7 heteroatoms. The Hall–Kier alpha value is -1.34. The Morgan fingerprint density at radius 3 is 2.79 bits per heavy atom. The van der Waals surface area contributed by atoms with Crippen LogP contribution in [0.3, 0.4) is 0 Å². The molecule has 1 aromatic rings. The van der Waals surface area contributed by atoms with Crippen molar-refractivity contribution < 1.29 is 9.90 Å². The summed E-state index contributed by atoms with van der Waals surface area (Å²) in [6.45, 7) is 6.99. The minimum Gasteiger partial charge on any atom is -0.396 e. The van der Waals surface area contributed by atoms with Crippen LogP contribution in [0.2, 0.25) is 0 Å². The van der Waals surface area contributed by atoms with E-state index < -0.39 is 0 Å². The molecular formula is C12H22N4O2S. The number of carbonyl (C=O) groups is 1. The number of aliphatic hydroxyl groups excluding tert-OH is 1. The number of aliphatic hydroxyl groups is 1. The molecule has 0 aliphatic heterocycles. The van der Waals surface area contributed by atoms with Crippen molar-refractivity contribution in [2.45, 2.75) is 27.2 Å². The number of anilines is 2. The van der Waals surface area contributed by atoms with Gasteiger partial charge in [-0.1, -0.05) is 32.1 Å². The van der Waals surface area contributed by atoms with Crippen LogP contribution in [0.5, 0.6) is 0 Å². The first-order chi connectivity index (χ1) is 8.89. The van der Waals surface area contributed by atoms with Gasteiger partial charge in [0.2, 0.25) is 0 Å². The molecule has 0 aliphatic rings. The first-order valence-corrected chi connectivity index (χ1v) is 7.10. The SMILES string of the molecule is CCCNc1nc(N)c(C(=O)NCC(C)(C)CO)s1. The molecule has 0 aromatic carbocycles. The fourth-order valence-electron chi connectivity index (χ4n) is 1.26. The normalized spacial score (nSPS) is 11.4. The van der Waals surface area contributed by atoms with Crippen LogP contribution in [0.1, 0.15) is 36.9 Å². The number of carbonyl (C=O) groups excluding carboxylic acids is 1. The first-order valence-electron chi connectivity index (χ1n) is 6.29. The van der Waals surface area contributed by atoms with E-state index in [9.17, 15) is 4.79 Å². The lowest BCUT2D eigenvalue weighted by Crippen LogP contribution is -2.36. The minimum absolute atomic E-state index is 0.00869. The number of amides is 1. The molecule has 0 saturated carbocycles. The standard InChI is InChI=1S/C12H22N4O2S/c1-4-5-14-11-16-9(13)8(19-11)10(18)15-6-12(2,3)7-17/h17H,4-7,13H2,1-3H3,(H,14,16)(H,15,18). The van der Waals surface area contributed by atoms with E-state index in [4.69, 9.17) is 10.8 Å². The number of thiazole rings is 1. The number of hydrogen-bond donors (Lipinski definition) is 4. The molecule has 0 bridgehead atoms. The number of rotatable bonds is 7. The van der Waals surface area contributed by atoms with Gasteiger partial charge in [-0.2, -0.15) is 0 Å². The highest BCUT2D eigenvalue weighted by molar-refractivity contribution is 7.18. The van der Waals surface area contributed by atoms with Crippen molar-refractivity contribution in [2.24, 2.45) is 5.41 Å². The summed E-state index contributed by atoms with van der Waals surface area (Å²) in [6.07, 6.45) is 0.978. The second-order valence-corrected chi connectivity index (χ2v) is 6.16. The summed E-state index contributed by atoms with van der Waals surface area (Å²) in [4.78, 5) is 16.5. The summed E-state index contributed by atoms with van der Waals surface area (Å²) >= 11 is 1.24. The predicted molar refractivity (Wildman–Crippen MR) is 78.5 cm³/mol. The Bertz CT molecular complexity index is 431. The van der Waals surface area contributed by atoms with Crippen LogP contribution in [0.4, 0.5) is 10.9 Å². The molecule has 0 saturated heterocycles. The maximum atomic E-state index is 12.0. The van der Waals surface area contributed by atoms with Gasteiger partial charge < -0.3 is 21.5 Å². The second-order valence-electron chi connectivity index (χ2n) is 5.17. The lowest BCUT2D eigenvalue weighted by Gasteiger charge is -2.21. The molecule has 1 rings (SSSR count). The smallest absolute Gasteiger partial charge is 0.265 e. The summed E-state index contributed by atoms with van der Waals surface area (Å²) in [5.41, 5.74) is 5.39. The van der Waals surface area contributed by atoms with E-state index in [1.165, 1.54) is 11.3 Å². The Balaban J connectivity index is 2.64. The van der Waals surface area contributed by atoms with E-state index in [1.807, 2.05) is 13.8 Å². The van der Waals surface area contributed by atoms with Crippen molar-refractivity contribution in [2.75, 3.05) is 30.7 Å². The molecule has 1 heterocycles. The quantitative estimate of drug-likeness (QED) is 0.605. The number of nitrogens with zero attached hydrogens (tertiary/aromatic N) is 1. The van der Waals surface area contributed by atoms with Crippen molar-refractivity contribution >= 4 is 28.2 Å². The predicted octanol–water partition coefficient (Wildman–Crippen LogP) is 1.30. The largest absolute Gasteiger partial charge is 0.396 e. The number of nitrogen functional groups attached to an aromatic ring is 1. The van der Waals surface area contributed by atoms with Crippen molar-refractivity contribution in [1.82, 2.24) is 10.3 Å². The lowest BCUT2D eigenvalue weighted by molar-refractivity contribution is 0.0915. The van der Waals surface area contributed by atoms with E-state index in [0.717, 1.165) is 13.0 Å². The fourth-order valence-corrected chi connectivity index (χ4v) is 2.08. The zero-order valence-corrected chi connectivity index (χ0v) is 12.4. The monoisotopic (exact) mass is 286 g/mol. The zero-order chi connectivity index (χ0) is 14.5. The van der Waals surface area contributed by atoms with Gasteiger partial charge in [0, 0.05) is 25.1 Å².